The molecule has 0 amide bonds. The highest BCUT2D eigenvalue weighted by molar-refractivity contribution is 5.69. The molecule has 1 aromatic heterocycles. The minimum absolute atomic E-state index is 0.195. The minimum Gasteiger partial charge on any atom is -0.487 e. The van der Waals surface area contributed by atoms with Crippen molar-refractivity contribution in [3.63, 3.8) is 0 Å². The fourth-order valence-electron chi connectivity index (χ4n) is 2.35. The Morgan fingerprint density at radius 3 is 3.00 bits per heavy atom. The molecule has 0 saturated heterocycles. The molecule has 1 aliphatic heterocycles. The van der Waals surface area contributed by atoms with Crippen LogP contribution in [0.25, 0.3) is 11.3 Å². The Morgan fingerprint density at radius 1 is 1.39 bits per heavy atom. The molecular formula is C14H14N2O2. The molecule has 4 heteroatoms. The van der Waals surface area contributed by atoms with Crippen molar-refractivity contribution in [3.8, 4) is 17.0 Å². The maximum atomic E-state index is 11.8. The van der Waals surface area contributed by atoms with Crippen LogP contribution in [0.5, 0.6) is 5.75 Å². The van der Waals surface area contributed by atoms with Crippen molar-refractivity contribution in [2.75, 3.05) is 0 Å². The van der Waals surface area contributed by atoms with Gasteiger partial charge in [-0.3, -0.25) is 4.79 Å². The fraction of sp³-hybridized carbons (Fsp3) is 0.286. The normalized spacial score (nSPS) is 16.1. The number of rotatable bonds is 1. The first-order valence-electron chi connectivity index (χ1n) is 5.92. The van der Waals surface area contributed by atoms with Crippen molar-refractivity contribution in [1.29, 1.82) is 0 Å². The second-order valence-electron chi connectivity index (χ2n) is 5.10. The van der Waals surface area contributed by atoms with Crippen LogP contribution in [-0.4, -0.2) is 15.6 Å². The first-order valence-corrected chi connectivity index (χ1v) is 5.92. The zero-order chi connectivity index (χ0) is 12.8. The number of para-hydroxylation sites is 1. The Labute approximate surface area is 105 Å². The van der Waals surface area contributed by atoms with Crippen molar-refractivity contribution in [2.45, 2.75) is 25.9 Å². The molecule has 0 radical (unpaired) electrons. The average molecular weight is 242 g/mol. The maximum absolute atomic E-state index is 11.8. The summed E-state index contributed by atoms with van der Waals surface area (Å²) in [5.74, 6) is 0.784. The SMILES string of the molecule is CC1(C)Cc2cccc(-c3ncc[nH]c3=O)c2O1. The Morgan fingerprint density at radius 2 is 2.22 bits per heavy atom. The Kier molecular flexibility index (Phi) is 2.26. The van der Waals surface area contributed by atoms with Crippen molar-refractivity contribution in [3.05, 3.63) is 46.5 Å². The van der Waals surface area contributed by atoms with E-state index in [2.05, 4.69) is 9.97 Å². The van der Waals surface area contributed by atoms with E-state index < -0.39 is 0 Å². The lowest BCUT2D eigenvalue weighted by molar-refractivity contribution is 0.139. The molecule has 0 fully saturated rings. The van der Waals surface area contributed by atoms with Crippen molar-refractivity contribution < 1.29 is 4.74 Å². The molecule has 0 aliphatic carbocycles. The van der Waals surface area contributed by atoms with E-state index in [0.29, 0.717) is 5.69 Å². The van der Waals surface area contributed by atoms with E-state index in [-0.39, 0.29) is 11.2 Å². The molecule has 0 saturated carbocycles. The van der Waals surface area contributed by atoms with Gasteiger partial charge in [-0.1, -0.05) is 12.1 Å². The predicted molar refractivity (Wildman–Crippen MR) is 68.7 cm³/mol. The third-order valence-electron chi connectivity index (χ3n) is 3.05. The molecule has 0 unspecified atom stereocenters. The van der Waals surface area contributed by atoms with Gasteiger partial charge < -0.3 is 9.72 Å². The van der Waals surface area contributed by atoms with Crippen LogP contribution < -0.4 is 10.3 Å². The molecule has 18 heavy (non-hydrogen) atoms. The average Bonchev–Trinajstić information content (AvgIpc) is 2.63. The van der Waals surface area contributed by atoms with Gasteiger partial charge in [-0.15, -0.1) is 0 Å². The molecule has 1 N–H and O–H groups in total. The minimum atomic E-state index is -0.222. The number of nitrogens with zero attached hydrogens (tertiary/aromatic N) is 1. The highest BCUT2D eigenvalue weighted by Gasteiger charge is 2.32. The highest BCUT2D eigenvalue weighted by Crippen LogP contribution is 2.40. The molecule has 0 atom stereocenters. The summed E-state index contributed by atoms with van der Waals surface area (Å²) >= 11 is 0. The van der Waals surface area contributed by atoms with E-state index in [9.17, 15) is 4.79 Å². The van der Waals surface area contributed by atoms with Crippen LogP contribution in [0.4, 0.5) is 0 Å². The maximum Gasteiger partial charge on any atom is 0.274 e. The number of ether oxygens (including phenoxy) is 1. The predicted octanol–water partition coefficient (Wildman–Crippen LogP) is 2.15. The fourth-order valence-corrected chi connectivity index (χ4v) is 2.35. The van der Waals surface area contributed by atoms with Crippen LogP contribution >= 0.6 is 0 Å². The van der Waals surface area contributed by atoms with Gasteiger partial charge in [-0.2, -0.15) is 0 Å². The van der Waals surface area contributed by atoms with Gasteiger partial charge in [0.15, 0.2) is 0 Å². The summed E-state index contributed by atoms with van der Waals surface area (Å²) in [6, 6.07) is 5.84. The van der Waals surface area contributed by atoms with Crippen LogP contribution in [0.15, 0.2) is 35.4 Å². The molecule has 1 aliphatic rings. The number of aromatic amines is 1. The largest absolute Gasteiger partial charge is 0.487 e. The standard InChI is InChI=1S/C14H14N2O2/c1-14(2)8-9-4-3-5-10(12(9)18-14)11-13(17)16-7-6-15-11/h3-7H,8H2,1-2H3,(H,16,17). The van der Waals surface area contributed by atoms with E-state index in [1.54, 1.807) is 6.20 Å². The second kappa shape index (κ2) is 3.70. The van der Waals surface area contributed by atoms with E-state index in [0.717, 1.165) is 23.3 Å². The molecule has 1 aromatic carbocycles. The van der Waals surface area contributed by atoms with Gasteiger partial charge in [0.05, 0.1) is 0 Å². The van der Waals surface area contributed by atoms with Crippen LogP contribution in [-0.2, 0) is 6.42 Å². The Bertz CT molecular complexity index is 659. The van der Waals surface area contributed by atoms with Crippen molar-refractivity contribution >= 4 is 0 Å². The van der Waals surface area contributed by atoms with Crippen LogP contribution in [0, 0.1) is 0 Å². The van der Waals surface area contributed by atoms with E-state index in [4.69, 9.17) is 4.74 Å². The molecule has 4 nitrogen and oxygen atoms in total. The Balaban J connectivity index is 2.20. The lowest BCUT2D eigenvalue weighted by Crippen LogP contribution is -2.24. The summed E-state index contributed by atoms with van der Waals surface area (Å²) in [4.78, 5) is 18.6. The number of aromatic nitrogens is 2. The summed E-state index contributed by atoms with van der Waals surface area (Å²) in [6.07, 6.45) is 3.96. The number of H-pyrrole nitrogens is 1. The van der Waals surface area contributed by atoms with Gasteiger partial charge in [0.1, 0.15) is 17.0 Å². The zero-order valence-electron chi connectivity index (χ0n) is 10.4. The zero-order valence-corrected chi connectivity index (χ0v) is 10.4. The lowest BCUT2D eigenvalue weighted by atomic mass is 10.00. The van der Waals surface area contributed by atoms with Gasteiger partial charge in [0, 0.05) is 24.4 Å². The van der Waals surface area contributed by atoms with Crippen LogP contribution in [0.3, 0.4) is 0 Å². The lowest BCUT2D eigenvalue weighted by Gasteiger charge is -2.17. The molecule has 0 bridgehead atoms. The van der Waals surface area contributed by atoms with Crippen molar-refractivity contribution in [1.82, 2.24) is 9.97 Å². The first kappa shape index (κ1) is 11.0. The second-order valence-corrected chi connectivity index (χ2v) is 5.10. The molecule has 0 spiro atoms. The summed E-state index contributed by atoms with van der Waals surface area (Å²) in [6.45, 7) is 4.08. The monoisotopic (exact) mass is 242 g/mol. The van der Waals surface area contributed by atoms with Gasteiger partial charge in [0.2, 0.25) is 0 Å². The third-order valence-corrected chi connectivity index (χ3v) is 3.05. The number of fused-ring (bicyclic) bond motifs is 1. The third kappa shape index (κ3) is 1.70. The summed E-state index contributed by atoms with van der Waals surface area (Å²) < 4.78 is 5.94. The summed E-state index contributed by atoms with van der Waals surface area (Å²) in [7, 11) is 0. The smallest absolute Gasteiger partial charge is 0.274 e. The number of benzene rings is 1. The van der Waals surface area contributed by atoms with E-state index in [1.165, 1.54) is 6.20 Å². The van der Waals surface area contributed by atoms with Gasteiger partial charge in [0.25, 0.3) is 5.56 Å². The molecular weight excluding hydrogens is 228 g/mol. The van der Waals surface area contributed by atoms with Gasteiger partial charge in [-0.05, 0) is 25.5 Å². The summed E-state index contributed by atoms with van der Waals surface area (Å²) in [5.41, 5.74) is 1.88. The number of nitrogens with one attached hydrogen (secondary N) is 1. The van der Waals surface area contributed by atoms with E-state index >= 15 is 0 Å². The molecule has 3 rings (SSSR count). The Hall–Kier alpha value is -2.10. The first-order chi connectivity index (χ1) is 8.57. The summed E-state index contributed by atoms with van der Waals surface area (Å²) in [5, 5.41) is 0. The van der Waals surface area contributed by atoms with Gasteiger partial charge >= 0.3 is 0 Å². The molecule has 92 valence electrons. The highest BCUT2D eigenvalue weighted by atomic mass is 16.5. The number of hydrogen-bond acceptors (Lipinski definition) is 3. The quantitative estimate of drug-likeness (QED) is 0.833. The van der Waals surface area contributed by atoms with Crippen LogP contribution in [0.1, 0.15) is 19.4 Å². The topological polar surface area (TPSA) is 55.0 Å². The molecule has 2 aromatic rings. The van der Waals surface area contributed by atoms with E-state index in [1.807, 2.05) is 32.0 Å². The number of hydrogen-bond donors (Lipinski definition) is 1. The van der Waals surface area contributed by atoms with Crippen molar-refractivity contribution in [2.24, 2.45) is 0 Å². The van der Waals surface area contributed by atoms with Gasteiger partial charge in [-0.25, -0.2) is 4.98 Å². The molecule has 2 heterocycles. The van der Waals surface area contributed by atoms with Crippen LogP contribution in [0.2, 0.25) is 0 Å².